The van der Waals surface area contributed by atoms with Gasteiger partial charge >= 0.3 is 0 Å². The molecule has 2 aromatic rings. The monoisotopic (exact) mass is 391 g/mol. The zero-order valence-electron chi connectivity index (χ0n) is 17.1. The molecule has 5 nitrogen and oxygen atoms in total. The summed E-state index contributed by atoms with van der Waals surface area (Å²) in [4.78, 5) is 4.80. The van der Waals surface area contributed by atoms with Crippen molar-refractivity contribution in [2.24, 2.45) is 0 Å². The van der Waals surface area contributed by atoms with Crippen LogP contribution in [0.1, 0.15) is 34.6 Å². The smallest absolute Gasteiger partial charge is 0.119 e. The molecule has 1 unspecified atom stereocenters. The zero-order chi connectivity index (χ0) is 20.1. The number of fused-ring (bicyclic) bond motifs is 1. The predicted octanol–water partition coefficient (Wildman–Crippen LogP) is 3.24. The fourth-order valence-corrected chi connectivity index (χ4v) is 4.29. The standard InChI is InChI=1S/C24H29N3O2/c1-26-17-21-15-22(29-12-2-9-27-10-13-28-14-11-27)7-8-23(21)24(18-26)20-5-3-19(16-25)4-6-20/h3-8,15,24H,2,9-14,17-18H2,1H3. The number of nitriles is 1. The highest BCUT2D eigenvalue weighted by Gasteiger charge is 2.25. The van der Waals surface area contributed by atoms with Gasteiger partial charge in [-0.15, -0.1) is 0 Å². The Morgan fingerprint density at radius 2 is 1.93 bits per heavy atom. The van der Waals surface area contributed by atoms with Gasteiger partial charge in [0.15, 0.2) is 0 Å². The molecule has 2 heterocycles. The molecule has 2 aliphatic heterocycles. The van der Waals surface area contributed by atoms with Gasteiger partial charge < -0.3 is 14.4 Å². The Labute approximate surface area is 173 Å². The summed E-state index contributed by atoms with van der Waals surface area (Å²) in [5.74, 6) is 1.28. The Morgan fingerprint density at radius 3 is 2.69 bits per heavy atom. The average Bonchev–Trinajstić information content (AvgIpc) is 2.77. The summed E-state index contributed by atoms with van der Waals surface area (Å²) in [6.07, 6.45) is 1.03. The van der Waals surface area contributed by atoms with Gasteiger partial charge in [-0.1, -0.05) is 18.2 Å². The van der Waals surface area contributed by atoms with E-state index in [1.807, 2.05) is 12.1 Å². The summed E-state index contributed by atoms with van der Waals surface area (Å²) in [5.41, 5.74) is 4.67. The van der Waals surface area contributed by atoms with Crippen LogP contribution in [0, 0.1) is 11.3 Å². The first-order chi connectivity index (χ1) is 14.2. The lowest BCUT2D eigenvalue weighted by molar-refractivity contribution is 0.0358. The van der Waals surface area contributed by atoms with E-state index in [0.29, 0.717) is 11.5 Å². The van der Waals surface area contributed by atoms with Crippen LogP contribution < -0.4 is 4.74 Å². The topological polar surface area (TPSA) is 48.7 Å². The molecule has 1 atom stereocenters. The van der Waals surface area contributed by atoms with Crippen molar-refractivity contribution < 1.29 is 9.47 Å². The SMILES string of the molecule is CN1Cc2cc(OCCCN3CCOCC3)ccc2C(c2ccc(C#N)cc2)C1. The molecular formula is C24H29N3O2. The van der Waals surface area contributed by atoms with Crippen molar-refractivity contribution in [3.05, 3.63) is 64.7 Å². The van der Waals surface area contributed by atoms with Crippen LogP contribution in [-0.2, 0) is 11.3 Å². The molecule has 0 bridgehead atoms. The number of hydrogen-bond acceptors (Lipinski definition) is 5. The van der Waals surface area contributed by atoms with E-state index in [1.54, 1.807) is 0 Å². The van der Waals surface area contributed by atoms with Crippen LogP contribution in [0.5, 0.6) is 5.75 Å². The van der Waals surface area contributed by atoms with Crippen molar-refractivity contribution in [1.82, 2.24) is 9.80 Å². The Kier molecular flexibility index (Phi) is 6.46. The van der Waals surface area contributed by atoms with Gasteiger partial charge in [0.2, 0.25) is 0 Å². The fraction of sp³-hybridized carbons (Fsp3) is 0.458. The number of nitrogens with zero attached hydrogens (tertiary/aromatic N) is 3. The predicted molar refractivity (Wildman–Crippen MR) is 113 cm³/mol. The molecule has 29 heavy (non-hydrogen) atoms. The normalized spacial score (nSPS) is 20.1. The second-order valence-corrected chi connectivity index (χ2v) is 8.00. The summed E-state index contributed by atoms with van der Waals surface area (Å²) < 4.78 is 11.5. The third-order valence-electron chi connectivity index (χ3n) is 5.86. The van der Waals surface area contributed by atoms with E-state index in [1.165, 1.54) is 16.7 Å². The van der Waals surface area contributed by atoms with Crippen molar-refractivity contribution in [3.63, 3.8) is 0 Å². The maximum absolute atomic E-state index is 9.05. The van der Waals surface area contributed by atoms with E-state index in [-0.39, 0.29) is 0 Å². The molecule has 2 aromatic carbocycles. The minimum Gasteiger partial charge on any atom is -0.494 e. The molecule has 1 fully saturated rings. The number of likely N-dealkylation sites (N-methyl/N-ethyl adjacent to an activating group) is 1. The second kappa shape index (κ2) is 9.41. The van der Waals surface area contributed by atoms with Gasteiger partial charge in [-0.25, -0.2) is 0 Å². The Morgan fingerprint density at radius 1 is 1.14 bits per heavy atom. The maximum Gasteiger partial charge on any atom is 0.119 e. The molecule has 1 saturated heterocycles. The number of hydrogen-bond donors (Lipinski definition) is 0. The molecule has 0 saturated carbocycles. The maximum atomic E-state index is 9.05. The van der Waals surface area contributed by atoms with Gasteiger partial charge in [0.1, 0.15) is 5.75 Å². The third kappa shape index (κ3) is 4.97. The molecule has 0 N–H and O–H groups in total. The fourth-order valence-electron chi connectivity index (χ4n) is 4.29. The quantitative estimate of drug-likeness (QED) is 0.708. The molecule has 0 aliphatic carbocycles. The molecule has 0 amide bonds. The van der Waals surface area contributed by atoms with E-state index in [2.05, 4.69) is 53.2 Å². The first-order valence-corrected chi connectivity index (χ1v) is 10.5. The van der Waals surface area contributed by atoms with Gasteiger partial charge in [-0.3, -0.25) is 4.90 Å². The number of benzene rings is 2. The third-order valence-corrected chi connectivity index (χ3v) is 5.86. The molecule has 0 aromatic heterocycles. The lowest BCUT2D eigenvalue weighted by atomic mass is 9.84. The summed E-state index contributed by atoms with van der Waals surface area (Å²) in [7, 11) is 2.16. The van der Waals surface area contributed by atoms with Gasteiger partial charge in [-0.05, 0) is 54.4 Å². The molecule has 5 heteroatoms. The Hall–Kier alpha value is -2.39. The summed E-state index contributed by atoms with van der Waals surface area (Å²) in [5, 5.41) is 9.05. The number of rotatable bonds is 6. The van der Waals surface area contributed by atoms with Crippen molar-refractivity contribution in [2.45, 2.75) is 18.9 Å². The van der Waals surface area contributed by atoms with Crippen LogP contribution in [0.15, 0.2) is 42.5 Å². The highest BCUT2D eigenvalue weighted by Crippen LogP contribution is 2.35. The summed E-state index contributed by atoms with van der Waals surface area (Å²) in [6, 6.07) is 16.7. The lowest BCUT2D eigenvalue weighted by Gasteiger charge is -2.33. The van der Waals surface area contributed by atoms with Crippen molar-refractivity contribution >= 4 is 0 Å². The Balaban J connectivity index is 1.40. The zero-order valence-corrected chi connectivity index (χ0v) is 17.1. The summed E-state index contributed by atoms with van der Waals surface area (Å²) in [6.45, 7) is 7.48. The highest BCUT2D eigenvalue weighted by atomic mass is 16.5. The first kappa shape index (κ1) is 19.9. The van der Waals surface area contributed by atoms with E-state index in [9.17, 15) is 0 Å². The Bertz CT molecular complexity index is 853. The largest absolute Gasteiger partial charge is 0.494 e. The van der Waals surface area contributed by atoms with Crippen LogP contribution >= 0.6 is 0 Å². The van der Waals surface area contributed by atoms with E-state index in [0.717, 1.165) is 64.7 Å². The number of morpholine rings is 1. The van der Waals surface area contributed by atoms with Crippen LogP contribution in [0.4, 0.5) is 0 Å². The minimum atomic E-state index is 0.326. The van der Waals surface area contributed by atoms with Crippen LogP contribution in [-0.4, -0.2) is 62.8 Å². The first-order valence-electron chi connectivity index (χ1n) is 10.5. The van der Waals surface area contributed by atoms with Crippen molar-refractivity contribution in [3.8, 4) is 11.8 Å². The summed E-state index contributed by atoms with van der Waals surface area (Å²) >= 11 is 0. The molecule has 152 valence electrons. The molecule has 0 spiro atoms. The van der Waals surface area contributed by atoms with E-state index in [4.69, 9.17) is 14.7 Å². The van der Waals surface area contributed by atoms with Crippen molar-refractivity contribution in [1.29, 1.82) is 5.26 Å². The highest BCUT2D eigenvalue weighted by molar-refractivity contribution is 5.45. The molecule has 4 rings (SSSR count). The molecule has 0 radical (unpaired) electrons. The van der Waals surface area contributed by atoms with Crippen LogP contribution in [0.2, 0.25) is 0 Å². The van der Waals surface area contributed by atoms with Gasteiger partial charge in [0.25, 0.3) is 0 Å². The van der Waals surface area contributed by atoms with Crippen molar-refractivity contribution in [2.75, 3.05) is 53.0 Å². The number of ether oxygens (including phenoxy) is 2. The van der Waals surface area contributed by atoms with Crippen LogP contribution in [0.25, 0.3) is 0 Å². The van der Waals surface area contributed by atoms with Gasteiger partial charge in [-0.2, -0.15) is 5.26 Å². The average molecular weight is 392 g/mol. The van der Waals surface area contributed by atoms with Gasteiger partial charge in [0, 0.05) is 38.6 Å². The van der Waals surface area contributed by atoms with E-state index >= 15 is 0 Å². The molecular weight excluding hydrogens is 362 g/mol. The van der Waals surface area contributed by atoms with E-state index < -0.39 is 0 Å². The van der Waals surface area contributed by atoms with Gasteiger partial charge in [0.05, 0.1) is 31.5 Å². The molecule has 2 aliphatic rings. The minimum absolute atomic E-state index is 0.326. The van der Waals surface area contributed by atoms with Crippen LogP contribution in [0.3, 0.4) is 0 Å². The second-order valence-electron chi connectivity index (χ2n) is 8.00. The lowest BCUT2D eigenvalue weighted by Crippen LogP contribution is -2.37.